The van der Waals surface area contributed by atoms with Crippen LogP contribution >= 0.6 is 11.6 Å². The molecule has 0 radical (unpaired) electrons. The van der Waals surface area contributed by atoms with E-state index in [0.29, 0.717) is 12.1 Å². The number of piperidine rings is 1. The third-order valence-electron chi connectivity index (χ3n) is 3.95. The molecule has 22 heavy (non-hydrogen) atoms. The lowest BCUT2D eigenvalue weighted by Gasteiger charge is -2.38. The van der Waals surface area contributed by atoms with Crippen molar-refractivity contribution >= 4 is 17.5 Å². The Labute approximate surface area is 138 Å². The molecular weight excluding hydrogens is 298 g/mol. The Morgan fingerprint density at radius 3 is 2.50 bits per heavy atom. The number of nitrogens with one attached hydrogen (secondary N) is 1. The SMILES string of the molecule is C=C(/C=C(/NC(C)=O)C(=C)Cl)CN1CCC(C)(CC#N)CC1. The van der Waals surface area contributed by atoms with Gasteiger partial charge < -0.3 is 5.32 Å². The van der Waals surface area contributed by atoms with Crippen LogP contribution in [0.15, 0.2) is 35.5 Å². The monoisotopic (exact) mass is 321 g/mol. The normalized spacial score (nSPS) is 18.4. The zero-order valence-electron chi connectivity index (χ0n) is 13.4. The number of hydrogen-bond acceptors (Lipinski definition) is 3. The highest BCUT2D eigenvalue weighted by molar-refractivity contribution is 6.31. The maximum absolute atomic E-state index is 11.1. The molecule has 0 aliphatic carbocycles. The van der Waals surface area contributed by atoms with Gasteiger partial charge in [-0.3, -0.25) is 9.69 Å². The van der Waals surface area contributed by atoms with Crippen LogP contribution < -0.4 is 5.32 Å². The Hall–Kier alpha value is -1.57. The Morgan fingerprint density at radius 2 is 2.05 bits per heavy atom. The van der Waals surface area contributed by atoms with Crippen LogP contribution in [0.2, 0.25) is 0 Å². The van der Waals surface area contributed by atoms with Gasteiger partial charge in [-0.2, -0.15) is 5.26 Å². The molecule has 1 aliphatic rings. The lowest BCUT2D eigenvalue weighted by atomic mass is 9.78. The van der Waals surface area contributed by atoms with Crippen molar-refractivity contribution in [3.05, 3.63) is 35.5 Å². The number of likely N-dealkylation sites (tertiary alicyclic amines) is 1. The van der Waals surface area contributed by atoms with Crippen molar-refractivity contribution in [2.45, 2.75) is 33.1 Å². The molecular formula is C17H24ClN3O. The third-order valence-corrected chi connectivity index (χ3v) is 4.15. The van der Waals surface area contributed by atoms with Crippen LogP contribution in [-0.4, -0.2) is 30.4 Å². The molecule has 1 amide bonds. The van der Waals surface area contributed by atoms with Gasteiger partial charge in [-0.15, -0.1) is 0 Å². The number of halogens is 1. The predicted octanol–water partition coefficient (Wildman–Crippen LogP) is 3.33. The van der Waals surface area contributed by atoms with E-state index < -0.39 is 0 Å². The summed E-state index contributed by atoms with van der Waals surface area (Å²) in [5.41, 5.74) is 1.49. The number of amides is 1. The minimum Gasteiger partial charge on any atom is -0.325 e. The van der Waals surface area contributed by atoms with E-state index in [1.165, 1.54) is 6.92 Å². The molecule has 0 unspecified atom stereocenters. The highest BCUT2D eigenvalue weighted by atomic mass is 35.5. The molecule has 0 spiro atoms. The molecule has 1 saturated heterocycles. The van der Waals surface area contributed by atoms with Gasteiger partial charge in [0.2, 0.25) is 5.91 Å². The van der Waals surface area contributed by atoms with Gasteiger partial charge in [-0.1, -0.05) is 31.7 Å². The van der Waals surface area contributed by atoms with Crippen LogP contribution in [0.25, 0.3) is 0 Å². The summed E-state index contributed by atoms with van der Waals surface area (Å²) in [6.45, 7) is 13.9. The van der Waals surface area contributed by atoms with Crippen molar-refractivity contribution in [3.63, 3.8) is 0 Å². The Bertz CT molecular complexity index is 523. The smallest absolute Gasteiger partial charge is 0.221 e. The van der Waals surface area contributed by atoms with Crippen LogP contribution in [0.5, 0.6) is 0 Å². The number of nitriles is 1. The minimum atomic E-state index is -0.189. The largest absolute Gasteiger partial charge is 0.325 e. The van der Waals surface area contributed by atoms with Gasteiger partial charge in [0.25, 0.3) is 0 Å². The van der Waals surface area contributed by atoms with E-state index in [1.807, 2.05) is 0 Å². The average molecular weight is 322 g/mol. The van der Waals surface area contributed by atoms with E-state index in [4.69, 9.17) is 16.9 Å². The molecule has 1 aliphatic heterocycles. The molecule has 0 aromatic heterocycles. The zero-order chi connectivity index (χ0) is 16.8. The molecule has 0 atom stereocenters. The van der Waals surface area contributed by atoms with Crippen molar-refractivity contribution < 1.29 is 4.79 Å². The predicted molar refractivity (Wildman–Crippen MR) is 90.0 cm³/mol. The van der Waals surface area contributed by atoms with Gasteiger partial charge in [0.05, 0.1) is 16.8 Å². The second-order valence-corrected chi connectivity index (χ2v) is 6.68. The summed E-state index contributed by atoms with van der Waals surface area (Å²) in [6, 6.07) is 2.28. The molecule has 1 fully saturated rings. The van der Waals surface area contributed by atoms with Crippen LogP contribution in [-0.2, 0) is 4.79 Å². The van der Waals surface area contributed by atoms with Crippen molar-refractivity contribution in [2.24, 2.45) is 5.41 Å². The summed E-state index contributed by atoms with van der Waals surface area (Å²) in [6.07, 6.45) is 4.40. The van der Waals surface area contributed by atoms with E-state index in [-0.39, 0.29) is 16.4 Å². The molecule has 1 rings (SSSR count). The Balaban J connectivity index is 2.57. The first-order chi connectivity index (χ1) is 10.3. The van der Waals surface area contributed by atoms with Gasteiger partial charge >= 0.3 is 0 Å². The second-order valence-electron chi connectivity index (χ2n) is 6.22. The molecule has 0 saturated carbocycles. The third kappa shape index (κ3) is 6.05. The summed E-state index contributed by atoms with van der Waals surface area (Å²) in [5, 5.41) is 11.8. The number of carbonyl (C=O) groups excluding carboxylic acids is 1. The van der Waals surface area contributed by atoms with Gasteiger partial charge in [-0.25, -0.2) is 0 Å². The number of carbonyl (C=O) groups is 1. The molecule has 1 N–H and O–H groups in total. The first-order valence-electron chi connectivity index (χ1n) is 7.37. The highest BCUT2D eigenvalue weighted by Crippen LogP contribution is 2.34. The van der Waals surface area contributed by atoms with Crippen LogP contribution in [0.3, 0.4) is 0 Å². The van der Waals surface area contributed by atoms with Crippen LogP contribution in [0, 0.1) is 16.7 Å². The van der Waals surface area contributed by atoms with E-state index in [1.54, 1.807) is 6.08 Å². The standard InChI is InChI=1S/C17H24ClN3O/c1-13(11-16(14(2)18)20-15(3)22)12-21-9-6-17(4,5-8-19)7-10-21/h11H,1-2,5-7,9-10,12H2,3-4H3,(H,20,22)/b16-11+. The number of nitrogens with zero attached hydrogens (tertiary/aromatic N) is 2. The molecule has 5 heteroatoms. The van der Waals surface area contributed by atoms with E-state index in [2.05, 4.69) is 36.4 Å². The molecule has 0 aromatic rings. The minimum absolute atomic E-state index is 0.133. The van der Waals surface area contributed by atoms with Gasteiger partial charge in [0.15, 0.2) is 0 Å². The summed E-state index contributed by atoms with van der Waals surface area (Å²) in [7, 11) is 0. The number of hydrogen-bond donors (Lipinski definition) is 1. The van der Waals surface area contributed by atoms with E-state index >= 15 is 0 Å². The van der Waals surface area contributed by atoms with Gasteiger partial charge in [0.1, 0.15) is 0 Å². The first kappa shape index (κ1) is 18.5. The molecule has 0 aromatic carbocycles. The van der Waals surface area contributed by atoms with Crippen molar-refractivity contribution in [1.29, 1.82) is 5.26 Å². The zero-order valence-corrected chi connectivity index (χ0v) is 14.2. The average Bonchev–Trinajstić information content (AvgIpc) is 2.40. The summed E-state index contributed by atoms with van der Waals surface area (Å²) >= 11 is 5.88. The summed E-state index contributed by atoms with van der Waals surface area (Å²) < 4.78 is 0. The lowest BCUT2D eigenvalue weighted by molar-refractivity contribution is -0.118. The fraction of sp³-hybridized carbons (Fsp3) is 0.529. The first-order valence-corrected chi connectivity index (χ1v) is 7.75. The highest BCUT2D eigenvalue weighted by Gasteiger charge is 2.29. The van der Waals surface area contributed by atoms with E-state index in [0.717, 1.165) is 38.0 Å². The lowest BCUT2D eigenvalue weighted by Crippen LogP contribution is -2.39. The maximum atomic E-state index is 11.1. The fourth-order valence-electron chi connectivity index (χ4n) is 2.53. The van der Waals surface area contributed by atoms with Crippen molar-refractivity contribution in [2.75, 3.05) is 19.6 Å². The summed E-state index contributed by atoms with van der Waals surface area (Å²) in [5.74, 6) is -0.189. The molecule has 120 valence electrons. The maximum Gasteiger partial charge on any atom is 0.221 e. The molecule has 1 heterocycles. The van der Waals surface area contributed by atoms with Gasteiger partial charge in [0, 0.05) is 19.9 Å². The Kier molecular flexibility index (Phi) is 6.86. The Morgan fingerprint density at radius 1 is 1.45 bits per heavy atom. The van der Waals surface area contributed by atoms with E-state index in [9.17, 15) is 4.79 Å². The second kappa shape index (κ2) is 8.17. The fourth-order valence-corrected chi connectivity index (χ4v) is 2.63. The summed E-state index contributed by atoms with van der Waals surface area (Å²) in [4.78, 5) is 13.5. The van der Waals surface area contributed by atoms with Crippen LogP contribution in [0.1, 0.15) is 33.1 Å². The van der Waals surface area contributed by atoms with Gasteiger partial charge in [-0.05, 0) is 43.0 Å². The number of allylic oxidation sites excluding steroid dienone is 1. The van der Waals surface area contributed by atoms with Crippen LogP contribution in [0.4, 0.5) is 0 Å². The number of rotatable bonds is 6. The molecule has 0 bridgehead atoms. The van der Waals surface area contributed by atoms with Crippen molar-refractivity contribution in [1.82, 2.24) is 10.2 Å². The quantitative estimate of drug-likeness (QED) is 0.763. The molecule has 4 nitrogen and oxygen atoms in total. The topological polar surface area (TPSA) is 56.1 Å². The van der Waals surface area contributed by atoms with Crippen molar-refractivity contribution in [3.8, 4) is 6.07 Å².